The van der Waals surface area contributed by atoms with Crippen LogP contribution in [0.15, 0.2) is 77.3 Å². The van der Waals surface area contributed by atoms with Gasteiger partial charge < -0.3 is 9.94 Å². The number of rotatable bonds is 3. The van der Waals surface area contributed by atoms with Gasteiger partial charge in [0.05, 0.1) is 7.11 Å². The molecule has 0 saturated heterocycles. The van der Waals surface area contributed by atoms with Crippen LogP contribution in [0.1, 0.15) is 23.6 Å². The lowest BCUT2D eigenvalue weighted by Crippen LogP contribution is -2.44. The predicted molar refractivity (Wildman–Crippen MR) is 109 cm³/mol. The highest BCUT2D eigenvalue weighted by Gasteiger charge is 2.40. The fourth-order valence-electron chi connectivity index (χ4n) is 3.89. The van der Waals surface area contributed by atoms with E-state index < -0.39 is 4.65 Å². The monoisotopic (exact) mass is 409 g/mol. The van der Waals surface area contributed by atoms with Gasteiger partial charge in [-0.25, -0.2) is 0 Å². The highest BCUT2D eigenvalue weighted by molar-refractivity contribution is 9.10. The van der Waals surface area contributed by atoms with Gasteiger partial charge in [-0.15, -0.1) is 0 Å². The third kappa shape index (κ3) is 2.84. The molecular weight excluding hydrogens is 390 g/mol. The molecule has 132 valence electrons. The molecule has 3 aromatic rings. The molecule has 0 N–H and O–H groups in total. The Morgan fingerprint density at radius 2 is 1.73 bits per heavy atom. The molecule has 0 radical (unpaired) electrons. The third-order valence-electron chi connectivity index (χ3n) is 5.17. The summed E-state index contributed by atoms with van der Waals surface area (Å²) >= 11 is 3.54. The molecule has 0 amide bonds. The van der Waals surface area contributed by atoms with Crippen molar-refractivity contribution in [2.75, 3.05) is 7.11 Å². The van der Waals surface area contributed by atoms with Gasteiger partial charge in [-0.3, -0.25) is 4.65 Å². The third-order valence-corrected chi connectivity index (χ3v) is 5.66. The standard InChI is InChI=1S/C22H20BrNO2/c1-26-20-11-9-19(10-12-20)24(25)21(16-5-3-2-4-6-16)13-7-17-15-18(23)8-14-22(17)24/h2-6,8-12,14-15,21H,7,13H2,1H3. The Labute approximate surface area is 162 Å². The molecule has 0 spiro atoms. The quantitative estimate of drug-likeness (QED) is 0.376. The zero-order valence-corrected chi connectivity index (χ0v) is 16.1. The first-order valence-corrected chi connectivity index (χ1v) is 9.50. The van der Waals surface area contributed by atoms with E-state index in [1.807, 2.05) is 54.6 Å². The average molecular weight is 410 g/mol. The molecule has 3 aromatic carbocycles. The number of halogens is 1. The van der Waals surface area contributed by atoms with E-state index in [2.05, 4.69) is 34.1 Å². The van der Waals surface area contributed by atoms with Crippen LogP contribution >= 0.6 is 15.9 Å². The van der Waals surface area contributed by atoms with E-state index >= 15 is 0 Å². The summed E-state index contributed by atoms with van der Waals surface area (Å²) in [6, 6.07) is 23.4. The fourth-order valence-corrected chi connectivity index (χ4v) is 4.30. The van der Waals surface area contributed by atoms with E-state index in [0.29, 0.717) is 0 Å². The molecule has 26 heavy (non-hydrogen) atoms. The summed E-state index contributed by atoms with van der Waals surface area (Å²) in [6.45, 7) is 0. The minimum Gasteiger partial charge on any atom is -0.621 e. The van der Waals surface area contributed by atoms with Crippen LogP contribution < -0.4 is 9.38 Å². The minimum atomic E-state index is -0.476. The molecule has 3 nitrogen and oxygen atoms in total. The molecule has 0 aliphatic carbocycles. The molecule has 4 rings (SSSR count). The van der Waals surface area contributed by atoms with Gasteiger partial charge in [-0.2, -0.15) is 0 Å². The maximum Gasteiger partial charge on any atom is 0.141 e. The van der Waals surface area contributed by atoms with Crippen molar-refractivity contribution in [3.05, 3.63) is 93.6 Å². The number of fused-ring (bicyclic) bond motifs is 1. The largest absolute Gasteiger partial charge is 0.621 e. The number of hydrogen-bond acceptors (Lipinski definition) is 2. The number of hydroxylamine groups is 1. The first-order valence-electron chi connectivity index (χ1n) is 8.71. The summed E-state index contributed by atoms with van der Waals surface area (Å²) in [5.41, 5.74) is 3.73. The summed E-state index contributed by atoms with van der Waals surface area (Å²) < 4.78 is 5.81. The predicted octanol–water partition coefficient (Wildman–Crippen LogP) is 6.28. The molecule has 0 bridgehead atoms. The Bertz CT molecular complexity index is 911. The van der Waals surface area contributed by atoms with Crippen LogP contribution in [0, 0.1) is 5.21 Å². The maximum atomic E-state index is 14.5. The topological polar surface area (TPSA) is 32.3 Å². The molecule has 0 aromatic heterocycles. The van der Waals surface area contributed by atoms with E-state index in [-0.39, 0.29) is 6.04 Å². The van der Waals surface area contributed by atoms with Gasteiger partial charge in [0.15, 0.2) is 0 Å². The number of methoxy groups -OCH3 is 1. The highest BCUT2D eigenvalue weighted by Crippen LogP contribution is 2.50. The van der Waals surface area contributed by atoms with E-state index in [4.69, 9.17) is 4.74 Å². The second-order valence-electron chi connectivity index (χ2n) is 6.59. The van der Waals surface area contributed by atoms with Crippen molar-refractivity contribution in [2.24, 2.45) is 0 Å². The number of aryl methyl sites for hydroxylation is 1. The van der Waals surface area contributed by atoms with Crippen LogP contribution in [0.25, 0.3) is 0 Å². The summed E-state index contributed by atoms with van der Waals surface area (Å²) in [5, 5.41) is 14.5. The number of benzene rings is 3. The Balaban J connectivity index is 1.91. The van der Waals surface area contributed by atoms with Crippen LogP contribution in [0.5, 0.6) is 5.75 Å². The molecule has 2 atom stereocenters. The lowest BCUT2D eigenvalue weighted by atomic mass is 9.90. The van der Waals surface area contributed by atoms with Gasteiger partial charge in [0.25, 0.3) is 0 Å². The van der Waals surface area contributed by atoms with Gasteiger partial charge >= 0.3 is 0 Å². The van der Waals surface area contributed by atoms with Crippen molar-refractivity contribution in [1.82, 2.24) is 4.65 Å². The molecule has 1 heterocycles. The van der Waals surface area contributed by atoms with E-state index in [1.54, 1.807) is 7.11 Å². The van der Waals surface area contributed by atoms with E-state index in [1.165, 1.54) is 0 Å². The second-order valence-corrected chi connectivity index (χ2v) is 7.51. The van der Waals surface area contributed by atoms with Crippen LogP contribution in [0.3, 0.4) is 0 Å². The average Bonchev–Trinajstić information content (AvgIpc) is 2.69. The number of ether oxygens (including phenoxy) is 1. The van der Waals surface area contributed by atoms with Crippen molar-refractivity contribution in [3.63, 3.8) is 0 Å². The first-order chi connectivity index (χ1) is 12.6. The first kappa shape index (κ1) is 17.3. The smallest absolute Gasteiger partial charge is 0.141 e. The van der Waals surface area contributed by atoms with Crippen molar-refractivity contribution < 1.29 is 4.74 Å². The molecule has 1 aliphatic heterocycles. The summed E-state index contributed by atoms with van der Waals surface area (Å²) in [5.74, 6) is 0.754. The van der Waals surface area contributed by atoms with Crippen molar-refractivity contribution in [3.8, 4) is 5.75 Å². The molecule has 1 aliphatic rings. The van der Waals surface area contributed by atoms with E-state index in [9.17, 15) is 5.21 Å². The van der Waals surface area contributed by atoms with Crippen molar-refractivity contribution in [1.29, 1.82) is 0 Å². The van der Waals surface area contributed by atoms with Gasteiger partial charge in [-0.05, 0) is 30.7 Å². The van der Waals surface area contributed by atoms with Crippen molar-refractivity contribution in [2.45, 2.75) is 18.9 Å². The van der Waals surface area contributed by atoms with Gasteiger partial charge in [0, 0.05) is 40.2 Å². The number of nitrogens with zero attached hydrogens (tertiary/aromatic N) is 1. The number of hydrogen-bond donors (Lipinski definition) is 0. The summed E-state index contributed by atoms with van der Waals surface area (Å²) in [7, 11) is 1.64. The lowest BCUT2D eigenvalue weighted by molar-refractivity contribution is 0.337. The van der Waals surface area contributed by atoms with Crippen molar-refractivity contribution >= 4 is 27.3 Å². The zero-order chi connectivity index (χ0) is 18.1. The van der Waals surface area contributed by atoms with Crippen LogP contribution in [-0.2, 0) is 6.42 Å². The normalized spacial score (nSPS) is 21.9. The van der Waals surface area contributed by atoms with Crippen LogP contribution in [0.4, 0.5) is 11.4 Å². The molecule has 0 saturated carbocycles. The van der Waals surface area contributed by atoms with Gasteiger partial charge in [0.2, 0.25) is 0 Å². The van der Waals surface area contributed by atoms with Gasteiger partial charge in [0.1, 0.15) is 23.2 Å². The molecule has 0 fully saturated rings. The molecular formula is C22H20BrNO2. The maximum absolute atomic E-state index is 14.5. The Morgan fingerprint density at radius 3 is 2.42 bits per heavy atom. The minimum absolute atomic E-state index is 0.168. The van der Waals surface area contributed by atoms with Crippen LogP contribution in [-0.4, -0.2) is 7.11 Å². The highest BCUT2D eigenvalue weighted by atomic mass is 79.9. The second kappa shape index (κ2) is 6.88. The molecule has 4 heteroatoms. The zero-order valence-electron chi connectivity index (χ0n) is 14.6. The van der Waals surface area contributed by atoms with Crippen LogP contribution in [0.2, 0.25) is 0 Å². The Morgan fingerprint density at radius 1 is 1.00 bits per heavy atom. The summed E-state index contributed by atoms with van der Waals surface area (Å²) in [4.78, 5) is 0. The van der Waals surface area contributed by atoms with Gasteiger partial charge in [-0.1, -0.05) is 46.3 Å². The number of quaternary nitrogens is 1. The Kier molecular flexibility index (Phi) is 4.57. The molecule has 2 unspecified atom stereocenters. The SMILES string of the molecule is COc1ccc([N+]2([O-])c3ccc(Br)cc3CCC2c2ccccc2)cc1. The Hall–Kier alpha value is -2.14. The fraction of sp³-hybridized carbons (Fsp3) is 0.182. The lowest BCUT2D eigenvalue weighted by Gasteiger charge is -2.51. The van der Waals surface area contributed by atoms with E-state index in [0.717, 1.165) is 45.6 Å². The summed E-state index contributed by atoms with van der Waals surface area (Å²) in [6.07, 6.45) is 1.70.